The molecule has 3 amide bonds. The van der Waals surface area contributed by atoms with Crippen LogP contribution in [0.25, 0.3) is 0 Å². The summed E-state index contributed by atoms with van der Waals surface area (Å²) in [6.07, 6.45) is 3.94. The number of likely N-dealkylation sites (N-methyl/N-ethyl adjacent to an activating group) is 1. The molecule has 9 heteroatoms. The lowest BCUT2D eigenvalue weighted by atomic mass is 10.1. The maximum Gasteiger partial charge on any atom is 0.407 e. The summed E-state index contributed by atoms with van der Waals surface area (Å²) >= 11 is 0. The van der Waals surface area contributed by atoms with Crippen molar-refractivity contribution in [3.8, 4) is 0 Å². The smallest absolute Gasteiger partial charge is 0.407 e. The molecule has 0 spiro atoms. The van der Waals surface area contributed by atoms with Gasteiger partial charge in [0.15, 0.2) is 0 Å². The zero-order valence-corrected chi connectivity index (χ0v) is 20.2. The van der Waals surface area contributed by atoms with Crippen molar-refractivity contribution >= 4 is 29.3 Å². The lowest BCUT2D eigenvalue weighted by molar-refractivity contribution is -0.127. The molecule has 2 aromatic rings. The number of benzene rings is 2. The lowest BCUT2D eigenvalue weighted by Gasteiger charge is -2.31. The first-order valence-corrected chi connectivity index (χ1v) is 11.6. The number of rotatable bonds is 8. The topological polar surface area (TPSA) is 117 Å². The monoisotopic (exact) mass is 479 g/mol. The predicted octanol–water partition coefficient (Wildman–Crippen LogP) is 2.86. The Morgan fingerprint density at radius 1 is 1.09 bits per heavy atom. The van der Waals surface area contributed by atoms with Crippen molar-refractivity contribution in [2.45, 2.75) is 25.5 Å². The van der Waals surface area contributed by atoms with E-state index in [0.29, 0.717) is 49.4 Å². The molecule has 0 unspecified atom stereocenters. The fraction of sp³-hybridized carbons (Fsp3) is 0.346. The number of amides is 3. The minimum Gasteiger partial charge on any atom is -0.446 e. The van der Waals surface area contributed by atoms with E-state index in [-0.39, 0.29) is 24.5 Å². The number of nitrogens with zero attached hydrogens (tertiary/aromatic N) is 2. The van der Waals surface area contributed by atoms with Gasteiger partial charge in [0.2, 0.25) is 5.91 Å². The third-order valence-corrected chi connectivity index (χ3v) is 5.62. The summed E-state index contributed by atoms with van der Waals surface area (Å²) in [5, 5.41) is 5.52. The Hall–Kier alpha value is -3.85. The Balaban J connectivity index is 1.38. The number of para-hydroxylation sites is 2. The third-order valence-electron chi connectivity index (χ3n) is 5.62. The predicted molar refractivity (Wildman–Crippen MR) is 136 cm³/mol. The van der Waals surface area contributed by atoms with E-state index >= 15 is 0 Å². The molecule has 0 bridgehead atoms. The second kappa shape index (κ2) is 12.6. The second-order valence-electron chi connectivity index (χ2n) is 8.69. The number of likely N-dealkylation sites (tertiary alicyclic amines) is 1. The van der Waals surface area contributed by atoms with Crippen molar-refractivity contribution in [3.05, 3.63) is 71.8 Å². The molecule has 2 aromatic carbocycles. The first-order valence-electron chi connectivity index (χ1n) is 11.6. The molecule has 0 saturated carbocycles. The Morgan fingerprint density at radius 3 is 2.43 bits per heavy atom. The van der Waals surface area contributed by atoms with Gasteiger partial charge in [0.05, 0.1) is 11.4 Å². The summed E-state index contributed by atoms with van der Waals surface area (Å²) in [5.74, 6) is -0.279. The van der Waals surface area contributed by atoms with Crippen LogP contribution in [0.5, 0.6) is 0 Å². The van der Waals surface area contributed by atoms with Crippen LogP contribution >= 0.6 is 0 Å². The number of alkyl carbamates (subject to hydrolysis) is 1. The quantitative estimate of drug-likeness (QED) is 0.396. The summed E-state index contributed by atoms with van der Waals surface area (Å²) in [4.78, 5) is 40.6. The summed E-state index contributed by atoms with van der Waals surface area (Å²) in [6.45, 7) is 2.10. The maximum atomic E-state index is 12.4. The van der Waals surface area contributed by atoms with Crippen molar-refractivity contribution in [2.24, 2.45) is 0 Å². The van der Waals surface area contributed by atoms with Gasteiger partial charge in [-0.05, 0) is 43.9 Å². The average Bonchev–Trinajstić information content (AvgIpc) is 2.84. The van der Waals surface area contributed by atoms with Crippen molar-refractivity contribution in [3.63, 3.8) is 0 Å². The van der Waals surface area contributed by atoms with Crippen LogP contribution in [0.4, 0.5) is 16.2 Å². The maximum absolute atomic E-state index is 12.4. The number of ether oxygens (including phenoxy) is 1. The van der Waals surface area contributed by atoms with Crippen LogP contribution in [0, 0.1) is 0 Å². The van der Waals surface area contributed by atoms with Gasteiger partial charge in [-0.2, -0.15) is 0 Å². The van der Waals surface area contributed by atoms with Gasteiger partial charge in [-0.15, -0.1) is 0 Å². The second-order valence-corrected chi connectivity index (χ2v) is 8.69. The number of piperidine rings is 1. The van der Waals surface area contributed by atoms with E-state index in [0.717, 1.165) is 5.56 Å². The fourth-order valence-corrected chi connectivity index (χ4v) is 3.61. The van der Waals surface area contributed by atoms with Gasteiger partial charge in [-0.3, -0.25) is 9.59 Å². The lowest BCUT2D eigenvalue weighted by Crippen LogP contribution is -2.41. The normalized spacial score (nSPS) is 14.2. The molecule has 0 aromatic heterocycles. The Morgan fingerprint density at radius 2 is 1.77 bits per heavy atom. The molecular formula is C26H33N5O4. The number of hydrogen-bond donors (Lipinski definition) is 3. The Bertz CT molecular complexity index is 1040. The molecule has 1 aliphatic rings. The van der Waals surface area contributed by atoms with Gasteiger partial charge >= 0.3 is 6.09 Å². The summed E-state index contributed by atoms with van der Waals surface area (Å²) < 4.78 is 5.50. The number of nitrogens with one attached hydrogen (secondary N) is 2. The molecule has 35 heavy (non-hydrogen) atoms. The zero-order chi connectivity index (χ0) is 25.2. The highest BCUT2D eigenvalue weighted by Gasteiger charge is 2.24. The first kappa shape index (κ1) is 25.8. The number of anilines is 2. The molecule has 0 aliphatic carbocycles. The first-order chi connectivity index (χ1) is 16.8. The van der Waals surface area contributed by atoms with Crippen LogP contribution in [-0.2, 0) is 16.1 Å². The van der Waals surface area contributed by atoms with E-state index in [4.69, 9.17) is 10.5 Å². The Labute approximate surface area is 205 Å². The Kier molecular flexibility index (Phi) is 9.25. The molecule has 4 N–H and O–H groups in total. The average molecular weight is 480 g/mol. The third kappa shape index (κ3) is 8.15. The van der Waals surface area contributed by atoms with Crippen LogP contribution in [0.1, 0.15) is 28.8 Å². The summed E-state index contributed by atoms with van der Waals surface area (Å²) in [7, 11) is 3.89. The fourth-order valence-electron chi connectivity index (χ4n) is 3.61. The molecule has 1 saturated heterocycles. The van der Waals surface area contributed by atoms with Gasteiger partial charge in [0.1, 0.15) is 6.10 Å². The number of carbonyl (C=O) groups is 3. The van der Waals surface area contributed by atoms with Gasteiger partial charge in [0, 0.05) is 50.7 Å². The molecule has 1 aliphatic heterocycles. The van der Waals surface area contributed by atoms with Crippen LogP contribution in [0.2, 0.25) is 0 Å². The van der Waals surface area contributed by atoms with E-state index in [9.17, 15) is 14.4 Å². The van der Waals surface area contributed by atoms with E-state index in [1.54, 1.807) is 59.5 Å². The zero-order valence-electron chi connectivity index (χ0n) is 20.2. The van der Waals surface area contributed by atoms with Gasteiger partial charge < -0.3 is 30.9 Å². The van der Waals surface area contributed by atoms with E-state index in [1.807, 2.05) is 25.1 Å². The van der Waals surface area contributed by atoms with Gasteiger partial charge in [-0.25, -0.2) is 4.79 Å². The summed E-state index contributed by atoms with van der Waals surface area (Å²) in [6, 6.07) is 14.0. The summed E-state index contributed by atoms with van der Waals surface area (Å²) in [5.41, 5.74) is 8.24. The highest BCUT2D eigenvalue weighted by atomic mass is 16.6. The minimum absolute atomic E-state index is 0.0147. The molecule has 9 nitrogen and oxygen atoms in total. The van der Waals surface area contributed by atoms with E-state index < -0.39 is 6.09 Å². The molecule has 0 radical (unpaired) electrons. The molecule has 3 rings (SSSR count). The van der Waals surface area contributed by atoms with E-state index in [1.165, 1.54) is 0 Å². The molecular weight excluding hydrogens is 446 g/mol. The largest absolute Gasteiger partial charge is 0.446 e. The number of hydrogen-bond acceptors (Lipinski definition) is 6. The van der Waals surface area contributed by atoms with Crippen molar-refractivity contribution in [1.29, 1.82) is 0 Å². The van der Waals surface area contributed by atoms with Crippen LogP contribution < -0.4 is 16.4 Å². The van der Waals surface area contributed by atoms with Crippen LogP contribution in [0.3, 0.4) is 0 Å². The number of nitrogen functional groups attached to an aromatic ring is 1. The molecule has 186 valence electrons. The van der Waals surface area contributed by atoms with Crippen LogP contribution in [-0.4, -0.2) is 67.5 Å². The molecule has 0 atom stereocenters. The van der Waals surface area contributed by atoms with Crippen molar-refractivity contribution in [1.82, 2.24) is 15.1 Å². The van der Waals surface area contributed by atoms with Crippen LogP contribution in [0.15, 0.2) is 60.7 Å². The number of nitrogens with two attached hydrogens (primary N) is 1. The number of carbonyl (C=O) groups excluding carboxylic acids is 3. The van der Waals surface area contributed by atoms with Gasteiger partial charge in [0.25, 0.3) is 5.91 Å². The minimum atomic E-state index is -0.498. The van der Waals surface area contributed by atoms with Crippen molar-refractivity contribution < 1.29 is 19.1 Å². The standard InChI is InChI=1S/C26H33N5O4/c1-30(2)15-5-8-24(32)31-16-13-21(14-17-31)35-26(34)28-18-19-9-11-20(12-10-19)25(33)29-23-7-4-3-6-22(23)27/h3-12,21H,13-18,27H2,1-2H3,(H,28,34)(H,29,33)/b8-5+. The molecule has 1 fully saturated rings. The SMILES string of the molecule is CN(C)C/C=C/C(=O)N1CCC(OC(=O)NCc2ccc(C(=O)Nc3ccccc3N)cc2)CC1. The van der Waals surface area contributed by atoms with Gasteiger partial charge in [-0.1, -0.05) is 30.3 Å². The van der Waals surface area contributed by atoms with E-state index in [2.05, 4.69) is 10.6 Å². The highest BCUT2D eigenvalue weighted by Crippen LogP contribution is 2.18. The highest BCUT2D eigenvalue weighted by molar-refractivity contribution is 6.05. The van der Waals surface area contributed by atoms with Crippen molar-refractivity contribution in [2.75, 3.05) is 44.8 Å². The molecule has 1 heterocycles.